The van der Waals surface area contributed by atoms with E-state index < -0.39 is 5.41 Å². The Bertz CT molecular complexity index is 3080. The monoisotopic (exact) mass is 730 g/mol. The van der Waals surface area contributed by atoms with E-state index in [9.17, 15) is 0 Å². The van der Waals surface area contributed by atoms with Crippen LogP contribution >= 0.6 is 0 Å². The molecule has 57 heavy (non-hydrogen) atoms. The SMILES string of the molecule is Cc1cc(C)c2ccc3ccc(-c4cccc(C5(c6cccc(-c7ccc8ccc9c(C)cc(C)nc9c8n7)c6)c6ccccc6-c6ccccc65)c4)nc3c2n1. The average Bonchev–Trinajstić information content (AvgIpc) is 3.54. The molecule has 4 aromatic heterocycles. The van der Waals surface area contributed by atoms with Crippen molar-refractivity contribution >= 4 is 43.6 Å². The maximum atomic E-state index is 5.34. The maximum Gasteiger partial charge on any atom is 0.0972 e. The molecule has 6 aromatic carbocycles. The lowest BCUT2D eigenvalue weighted by molar-refractivity contribution is 0.769. The van der Waals surface area contributed by atoms with Gasteiger partial charge in [0.2, 0.25) is 0 Å². The predicted molar refractivity (Wildman–Crippen MR) is 235 cm³/mol. The maximum absolute atomic E-state index is 5.34. The number of pyridine rings is 4. The Hall–Kier alpha value is -7.04. The first-order valence-electron chi connectivity index (χ1n) is 19.6. The highest BCUT2D eigenvalue weighted by Gasteiger charge is 2.46. The zero-order chi connectivity index (χ0) is 38.4. The number of aryl methyl sites for hydroxylation is 4. The first-order valence-corrected chi connectivity index (χ1v) is 19.6. The molecule has 0 saturated heterocycles. The third-order valence-electron chi connectivity index (χ3n) is 12.1. The largest absolute Gasteiger partial charge is 0.251 e. The van der Waals surface area contributed by atoms with Crippen molar-refractivity contribution in [2.45, 2.75) is 33.1 Å². The Morgan fingerprint density at radius 1 is 0.368 bits per heavy atom. The smallest absolute Gasteiger partial charge is 0.0972 e. The Kier molecular flexibility index (Phi) is 7.30. The third-order valence-corrected chi connectivity index (χ3v) is 12.1. The molecule has 0 atom stereocenters. The molecule has 1 aliphatic rings. The molecule has 1 aliphatic carbocycles. The molecule has 0 spiro atoms. The van der Waals surface area contributed by atoms with Crippen LogP contribution in [0, 0.1) is 27.7 Å². The minimum Gasteiger partial charge on any atom is -0.251 e. The van der Waals surface area contributed by atoms with Crippen LogP contribution in [-0.4, -0.2) is 19.9 Å². The van der Waals surface area contributed by atoms with E-state index in [0.29, 0.717) is 0 Å². The molecule has 10 aromatic rings. The molecule has 0 bridgehead atoms. The van der Waals surface area contributed by atoms with Gasteiger partial charge in [-0.3, -0.25) is 9.97 Å². The lowest BCUT2D eigenvalue weighted by atomic mass is 9.67. The molecule has 0 amide bonds. The number of benzene rings is 6. The van der Waals surface area contributed by atoms with Gasteiger partial charge < -0.3 is 0 Å². The number of nitrogens with zero attached hydrogens (tertiary/aromatic N) is 4. The van der Waals surface area contributed by atoms with E-state index in [0.717, 1.165) is 77.5 Å². The van der Waals surface area contributed by atoms with Gasteiger partial charge in [-0.1, -0.05) is 121 Å². The zero-order valence-electron chi connectivity index (χ0n) is 32.3. The van der Waals surface area contributed by atoms with Crippen LogP contribution in [0.25, 0.3) is 77.3 Å². The van der Waals surface area contributed by atoms with E-state index >= 15 is 0 Å². The Balaban J connectivity index is 1.14. The summed E-state index contributed by atoms with van der Waals surface area (Å²) in [5, 5.41) is 4.45. The molecular weight excluding hydrogens is 693 g/mol. The number of hydrogen-bond donors (Lipinski definition) is 0. The van der Waals surface area contributed by atoms with Gasteiger partial charge in [-0.25, -0.2) is 9.97 Å². The molecule has 0 N–H and O–H groups in total. The summed E-state index contributed by atoms with van der Waals surface area (Å²) in [7, 11) is 0. The summed E-state index contributed by atoms with van der Waals surface area (Å²) in [4.78, 5) is 20.6. The second-order valence-electron chi connectivity index (χ2n) is 15.6. The molecule has 0 unspecified atom stereocenters. The molecule has 4 heteroatoms. The van der Waals surface area contributed by atoms with Gasteiger partial charge in [-0.15, -0.1) is 0 Å². The third kappa shape index (κ3) is 5.00. The standard InChI is InChI=1S/C53H38N4/c1-31-27-33(3)54-51-41(31)23-19-35-21-25-47(56-49(35)51)37-11-9-13-39(29-37)53(45-17-7-5-15-43(45)44-16-6-8-18-46(44)53)40-14-10-12-38(30-40)48-26-22-36-20-24-42-32(2)28-34(4)55-52(42)50(36)57-48/h5-30H,1-4H3. The summed E-state index contributed by atoms with van der Waals surface area (Å²) in [5.74, 6) is 0. The van der Waals surface area contributed by atoms with Crippen LogP contribution < -0.4 is 0 Å². The minimum absolute atomic E-state index is 0.599. The first kappa shape index (κ1) is 33.3. The van der Waals surface area contributed by atoms with Crippen LogP contribution in [0.5, 0.6) is 0 Å². The number of aromatic nitrogens is 4. The van der Waals surface area contributed by atoms with Crippen LogP contribution in [-0.2, 0) is 5.41 Å². The fourth-order valence-electron chi connectivity index (χ4n) is 9.58. The van der Waals surface area contributed by atoms with Crippen LogP contribution in [0.15, 0.2) is 158 Å². The van der Waals surface area contributed by atoms with Crippen molar-refractivity contribution in [3.8, 4) is 33.6 Å². The fraction of sp³-hybridized carbons (Fsp3) is 0.0943. The molecule has 0 saturated carbocycles. The second kappa shape index (κ2) is 12.5. The van der Waals surface area contributed by atoms with E-state index in [1.165, 1.54) is 44.5 Å². The van der Waals surface area contributed by atoms with Crippen molar-refractivity contribution in [1.82, 2.24) is 19.9 Å². The summed E-state index contributed by atoms with van der Waals surface area (Å²) < 4.78 is 0. The summed E-state index contributed by atoms with van der Waals surface area (Å²) in [6.07, 6.45) is 0. The van der Waals surface area contributed by atoms with Gasteiger partial charge in [0.1, 0.15) is 0 Å². The summed E-state index contributed by atoms with van der Waals surface area (Å²) in [6.45, 7) is 8.42. The Labute approximate surface area is 331 Å². The molecule has 4 nitrogen and oxygen atoms in total. The van der Waals surface area contributed by atoms with Gasteiger partial charge in [0.05, 0.1) is 38.9 Å². The number of rotatable bonds is 4. The van der Waals surface area contributed by atoms with Crippen LogP contribution in [0.2, 0.25) is 0 Å². The van der Waals surface area contributed by atoms with E-state index in [-0.39, 0.29) is 0 Å². The summed E-state index contributed by atoms with van der Waals surface area (Å²) in [6, 6.07) is 57.4. The van der Waals surface area contributed by atoms with E-state index in [4.69, 9.17) is 19.9 Å². The highest BCUT2D eigenvalue weighted by atomic mass is 14.8. The van der Waals surface area contributed by atoms with Gasteiger partial charge in [-0.05, 0) is 109 Å². The highest BCUT2D eigenvalue weighted by Crippen LogP contribution is 2.56. The van der Waals surface area contributed by atoms with Crippen molar-refractivity contribution in [3.05, 3.63) is 202 Å². The normalized spacial score (nSPS) is 13.1. The first-order chi connectivity index (χ1) is 27.9. The predicted octanol–water partition coefficient (Wildman–Crippen LogP) is 12.8. The van der Waals surface area contributed by atoms with Gasteiger partial charge in [-0.2, -0.15) is 0 Å². The van der Waals surface area contributed by atoms with Gasteiger partial charge >= 0.3 is 0 Å². The minimum atomic E-state index is -0.599. The lowest BCUT2D eigenvalue weighted by Crippen LogP contribution is -2.28. The van der Waals surface area contributed by atoms with Crippen molar-refractivity contribution < 1.29 is 0 Å². The van der Waals surface area contributed by atoms with Crippen molar-refractivity contribution in [3.63, 3.8) is 0 Å². The van der Waals surface area contributed by atoms with Crippen LogP contribution in [0.3, 0.4) is 0 Å². The Morgan fingerprint density at radius 2 is 0.807 bits per heavy atom. The van der Waals surface area contributed by atoms with Crippen molar-refractivity contribution in [2.75, 3.05) is 0 Å². The van der Waals surface area contributed by atoms with Gasteiger partial charge in [0.25, 0.3) is 0 Å². The molecule has 270 valence electrons. The van der Waals surface area contributed by atoms with Crippen LogP contribution in [0.4, 0.5) is 0 Å². The molecule has 0 radical (unpaired) electrons. The zero-order valence-corrected chi connectivity index (χ0v) is 32.3. The van der Waals surface area contributed by atoms with E-state index in [1.54, 1.807) is 0 Å². The molecule has 0 fully saturated rings. The van der Waals surface area contributed by atoms with Gasteiger partial charge in [0.15, 0.2) is 0 Å². The Morgan fingerprint density at radius 3 is 1.28 bits per heavy atom. The van der Waals surface area contributed by atoms with E-state index in [1.807, 2.05) is 0 Å². The summed E-state index contributed by atoms with van der Waals surface area (Å²) >= 11 is 0. The molecule has 0 aliphatic heterocycles. The van der Waals surface area contributed by atoms with Crippen molar-refractivity contribution in [2.24, 2.45) is 0 Å². The van der Waals surface area contributed by atoms with Crippen LogP contribution in [0.1, 0.15) is 44.8 Å². The van der Waals surface area contributed by atoms with E-state index in [2.05, 4.69) is 185 Å². The highest BCUT2D eigenvalue weighted by molar-refractivity contribution is 6.05. The molecule has 11 rings (SSSR count). The summed E-state index contributed by atoms with van der Waals surface area (Å²) in [5.41, 5.74) is 19.0. The van der Waals surface area contributed by atoms with Gasteiger partial charge in [0, 0.05) is 44.1 Å². The van der Waals surface area contributed by atoms with Crippen molar-refractivity contribution in [1.29, 1.82) is 0 Å². The molecule has 4 heterocycles. The molecular formula is C53H38N4. The topological polar surface area (TPSA) is 51.6 Å². The lowest BCUT2D eigenvalue weighted by Gasteiger charge is -2.34. The second-order valence-corrected chi connectivity index (χ2v) is 15.6. The number of hydrogen-bond acceptors (Lipinski definition) is 4. The number of fused-ring (bicyclic) bond motifs is 9. The fourth-order valence-corrected chi connectivity index (χ4v) is 9.58. The quantitative estimate of drug-likeness (QED) is 0.169. The average molecular weight is 731 g/mol.